The first kappa shape index (κ1) is 14.8. The van der Waals surface area contributed by atoms with Gasteiger partial charge in [0.25, 0.3) is 0 Å². The number of aryl methyl sites for hydroxylation is 1. The van der Waals surface area contributed by atoms with Crippen LogP contribution in [0.15, 0.2) is 12.4 Å². The number of hydrogen-bond donors (Lipinski definition) is 1. The van der Waals surface area contributed by atoms with Crippen molar-refractivity contribution in [1.82, 2.24) is 19.8 Å². The van der Waals surface area contributed by atoms with Crippen LogP contribution in [0.2, 0.25) is 0 Å². The van der Waals surface area contributed by atoms with E-state index in [0.29, 0.717) is 11.3 Å². The number of rotatable bonds is 4. The summed E-state index contributed by atoms with van der Waals surface area (Å²) in [6.45, 7) is 4.56. The molecule has 1 N–H and O–H groups in total. The molecule has 6 heteroatoms. The zero-order valence-electron chi connectivity index (χ0n) is 12.6. The molecule has 2 atom stereocenters. The SMILES string of the molecule is Cc1nccn1C[C@H]1CCCN1C(=O)NC[C@H]1CCCS1. The molecular formula is C15H24N4OS. The number of carbonyl (C=O) groups excluding carboxylic acids is 1. The molecular weight excluding hydrogens is 284 g/mol. The normalized spacial score (nSPS) is 25.5. The maximum atomic E-state index is 12.4. The lowest BCUT2D eigenvalue weighted by atomic mass is 10.2. The van der Waals surface area contributed by atoms with Crippen molar-refractivity contribution in [3.63, 3.8) is 0 Å². The van der Waals surface area contributed by atoms with Gasteiger partial charge in [-0.25, -0.2) is 9.78 Å². The quantitative estimate of drug-likeness (QED) is 0.928. The number of aromatic nitrogens is 2. The minimum Gasteiger partial charge on any atom is -0.337 e. The number of likely N-dealkylation sites (tertiary alicyclic amines) is 1. The molecule has 2 aliphatic rings. The zero-order valence-corrected chi connectivity index (χ0v) is 13.4. The van der Waals surface area contributed by atoms with Crippen LogP contribution in [0.5, 0.6) is 0 Å². The summed E-state index contributed by atoms with van der Waals surface area (Å²) in [4.78, 5) is 18.7. The van der Waals surface area contributed by atoms with Gasteiger partial charge < -0.3 is 14.8 Å². The second kappa shape index (κ2) is 6.73. The van der Waals surface area contributed by atoms with Crippen LogP contribution in [0, 0.1) is 6.92 Å². The van der Waals surface area contributed by atoms with Crippen molar-refractivity contribution in [2.24, 2.45) is 0 Å². The largest absolute Gasteiger partial charge is 0.337 e. The molecule has 0 aromatic carbocycles. The molecule has 116 valence electrons. The van der Waals surface area contributed by atoms with Crippen molar-refractivity contribution in [2.75, 3.05) is 18.8 Å². The van der Waals surface area contributed by atoms with Crippen LogP contribution in [0.3, 0.4) is 0 Å². The Labute approximate surface area is 130 Å². The van der Waals surface area contributed by atoms with Crippen LogP contribution in [-0.4, -0.2) is 50.6 Å². The first-order valence-corrected chi connectivity index (χ1v) is 8.93. The van der Waals surface area contributed by atoms with Gasteiger partial charge in [0.1, 0.15) is 5.82 Å². The maximum absolute atomic E-state index is 12.4. The van der Waals surface area contributed by atoms with Crippen LogP contribution in [0.25, 0.3) is 0 Å². The van der Waals surface area contributed by atoms with E-state index in [-0.39, 0.29) is 6.03 Å². The highest BCUT2D eigenvalue weighted by Gasteiger charge is 2.29. The number of carbonyl (C=O) groups is 1. The third-order valence-corrected chi connectivity index (χ3v) is 5.87. The summed E-state index contributed by atoms with van der Waals surface area (Å²) < 4.78 is 2.14. The van der Waals surface area contributed by atoms with Gasteiger partial charge in [-0.3, -0.25) is 0 Å². The van der Waals surface area contributed by atoms with Crippen molar-refractivity contribution in [2.45, 2.75) is 50.4 Å². The molecule has 0 aliphatic carbocycles. The third-order valence-electron chi connectivity index (χ3n) is 4.47. The van der Waals surface area contributed by atoms with Crippen molar-refractivity contribution in [3.8, 4) is 0 Å². The lowest BCUT2D eigenvalue weighted by Gasteiger charge is -2.26. The molecule has 1 aromatic heterocycles. The third kappa shape index (κ3) is 3.54. The van der Waals surface area contributed by atoms with E-state index in [9.17, 15) is 4.79 Å². The van der Waals surface area contributed by atoms with E-state index in [0.717, 1.165) is 38.3 Å². The summed E-state index contributed by atoms with van der Waals surface area (Å²) >= 11 is 1.99. The average molecular weight is 308 g/mol. The number of nitrogens with zero attached hydrogens (tertiary/aromatic N) is 3. The van der Waals surface area contributed by atoms with E-state index in [4.69, 9.17) is 0 Å². The Kier molecular flexibility index (Phi) is 4.73. The number of nitrogens with one attached hydrogen (secondary N) is 1. The maximum Gasteiger partial charge on any atom is 0.317 e. The van der Waals surface area contributed by atoms with Crippen LogP contribution in [-0.2, 0) is 6.54 Å². The van der Waals surface area contributed by atoms with E-state index in [1.54, 1.807) is 0 Å². The number of hydrogen-bond acceptors (Lipinski definition) is 3. The first-order valence-electron chi connectivity index (χ1n) is 7.88. The van der Waals surface area contributed by atoms with E-state index in [1.165, 1.54) is 18.6 Å². The Morgan fingerprint density at radius 3 is 3.10 bits per heavy atom. The van der Waals surface area contributed by atoms with Gasteiger partial charge in [-0.15, -0.1) is 0 Å². The topological polar surface area (TPSA) is 50.2 Å². The molecule has 2 aliphatic heterocycles. The first-order chi connectivity index (χ1) is 10.2. The summed E-state index contributed by atoms with van der Waals surface area (Å²) in [5, 5.41) is 3.75. The molecule has 2 saturated heterocycles. The average Bonchev–Trinajstić information content (AvgIpc) is 3.20. The van der Waals surface area contributed by atoms with Gasteiger partial charge in [0.05, 0.1) is 6.04 Å². The molecule has 5 nitrogen and oxygen atoms in total. The van der Waals surface area contributed by atoms with Crippen LogP contribution in [0.1, 0.15) is 31.5 Å². The fourth-order valence-corrected chi connectivity index (χ4v) is 4.43. The molecule has 3 rings (SSSR count). The Hall–Kier alpha value is -1.17. The van der Waals surface area contributed by atoms with Gasteiger partial charge in [0.2, 0.25) is 0 Å². The monoisotopic (exact) mass is 308 g/mol. The van der Waals surface area contributed by atoms with Crippen LogP contribution >= 0.6 is 11.8 Å². The van der Waals surface area contributed by atoms with Gasteiger partial charge in [0.15, 0.2) is 0 Å². The molecule has 21 heavy (non-hydrogen) atoms. The Bertz CT molecular complexity index is 484. The van der Waals surface area contributed by atoms with Crippen molar-refractivity contribution >= 4 is 17.8 Å². The molecule has 2 fully saturated rings. The highest BCUT2D eigenvalue weighted by molar-refractivity contribution is 8.00. The van der Waals surface area contributed by atoms with Gasteiger partial charge in [-0.05, 0) is 38.4 Å². The van der Waals surface area contributed by atoms with E-state index in [2.05, 4.69) is 14.9 Å². The molecule has 0 radical (unpaired) electrons. The summed E-state index contributed by atoms with van der Waals surface area (Å²) in [5.41, 5.74) is 0. The molecule has 2 amide bonds. The van der Waals surface area contributed by atoms with Gasteiger partial charge in [-0.1, -0.05) is 0 Å². The predicted octanol–water partition coefficient (Wildman–Crippen LogP) is 2.26. The lowest BCUT2D eigenvalue weighted by Crippen LogP contribution is -2.45. The number of thioether (sulfide) groups is 1. The van der Waals surface area contributed by atoms with Crippen molar-refractivity contribution in [1.29, 1.82) is 0 Å². The smallest absolute Gasteiger partial charge is 0.317 e. The summed E-state index contributed by atoms with van der Waals surface area (Å²) in [6.07, 6.45) is 8.54. The number of urea groups is 1. The minimum absolute atomic E-state index is 0.114. The molecule has 0 bridgehead atoms. The summed E-state index contributed by atoms with van der Waals surface area (Å²) in [5.74, 6) is 2.26. The molecule has 0 spiro atoms. The second-order valence-electron chi connectivity index (χ2n) is 5.94. The Balaban J connectivity index is 1.53. The van der Waals surface area contributed by atoms with Gasteiger partial charge in [0, 0.05) is 37.3 Å². The van der Waals surface area contributed by atoms with E-state index < -0.39 is 0 Å². The molecule has 1 aromatic rings. The molecule has 3 heterocycles. The Morgan fingerprint density at radius 1 is 1.48 bits per heavy atom. The molecule has 0 unspecified atom stereocenters. The highest BCUT2D eigenvalue weighted by Crippen LogP contribution is 2.25. The predicted molar refractivity (Wildman–Crippen MR) is 85.6 cm³/mol. The summed E-state index contributed by atoms with van der Waals surface area (Å²) in [7, 11) is 0. The number of amides is 2. The van der Waals surface area contributed by atoms with E-state index >= 15 is 0 Å². The standard InChI is InChI=1S/C15H24N4OS/c1-12-16-6-8-18(12)11-13-4-2-7-19(13)15(20)17-10-14-5-3-9-21-14/h6,8,13-14H,2-5,7,9-11H2,1H3,(H,17,20)/t13-,14-/m1/s1. The van der Waals surface area contributed by atoms with Crippen LogP contribution < -0.4 is 5.32 Å². The van der Waals surface area contributed by atoms with Gasteiger partial charge in [-0.2, -0.15) is 11.8 Å². The minimum atomic E-state index is 0.114. The van der Waals surface area contributed by atoms with Crippen molar-refractivity contribution < 1.29 is 4.79 Å². The Morgan fingerprint density at radius 2 is 2.38 bits per heavy atom. The van der Waals surface area contributed by atoms with E-state index in [1.807, 2.05) is 36.0 Å². The lowest BCUT2D eigenvalue weighted by molar-refractivity contribution is 0.187. The van der Waals surface area contributed by atoms with Crippen molar-refractivity contribution in [3.05, 3.63) is 18.2 Å². The zero-order chi connectivity index (χ0) is 14.7. The second-order valence-corrected chi connectivity index (χ2v) is 7.35. The summed E-state index contributed by atoms with van der Waals surface area (Å²) in [6, 6.07) is 0.414. The highest BCUT2D eigenvalue weighted by atomic mass is 32.2. The fourth-order valence-electron chi connectivity index (χ4n) is 3.22. The van der Waals surface area contributed by atoms with Crippen LogP contribution in [0.4, 0.5) is 4.79 Å². The van der Waals surface area contributed by atoms with Gasteiger partial charge >= 0.3 is 6.03 Å². The number of imidazole rings is 1. The molecule has 0 saturated carbocycles. The fraction of sp³-hybridized carbons (Fsp3) is 0.733.